The molecule has 0 radical (unpaired) electrons. The normalized spacial score (nSPS) is 32.2. The summed E-state index contributed by atoms with van der Waals surface area (Å²) in [4.78, 5) is 0. The van der Waals surface area contributed by atoms with Crippen molar-refractivity contribution in [2.24, 2.45) is 10.8 Å². The smallest absolute Gasteiger partial charge is 0.0837 e. The van der Waals surface area contributed by atoms with Gasteiger partial charge >= 0.3 is 0 Å². The summed E-state index contributed by atoms with van der Waals surface area (Å²) in [6, 6.07) is 0. The van der Waals surface area contributed by atoms with E-state index in [4.69, 9.17) is 0 Å². The van der Waals surface area contributed by atoms with Crippen molar-refractivity contribution in [1.82, 2.24) is 0 Å². The highest BCUT2D eigenvalue weighted by atomic mass is 28.3. The van der Waals surface area contributed by atoms with Crippen molar-refractivity contribution < 1.29 is 0 Å². The van der Waals surface area contributed by atoms with E-state index in [-0.39, 0.29) is 0 Å². The van der Waals surface area contributed by atoms with Crippen LogP contribution in [0.3, 0.4) is 0 Å². The first-order valence-corrected chi connectivity index (χ1v) is 13.4. The Labute approximate surface area is 152 Å². The predicted molar refractivity (Wildman–Crippen MR) is 112 cm³/mol. The van der Waals surface area contributed by atoms with E-state index in [1.165, 1.54) is 38.5 Å². The van der Waals surface area contributed by atoms with Crippen LogP contribution in [0.2, 0.25) is 24.7 Å². The predicted octanol–water partition coefficient (Wildman–Crippen LogP) is 7.24. The second kappa shape index (κ2) is 5.90. The van der Waals surface area contributed by atoms with Gasteiger partial charge in [-0.25, -0.2) is 0 Å². The van der Waals surface area contributed by atoms with E-state index in [1.54, 1.807) is 0 Å². The third-order valence-corrected chi connectivity index (χ3v) is 10.9. The maximum absolute atomic E-state index is 2.67. The highest BCUT2D eigenvalue weighted by Crippen LogP contribution is 2.59. The van der Waals surface area contributed by atoms with Gasteiger partial charge in [0.1, 0.15) is 8.07 Å². The molecule has 134 valence electrons. The average Bonchev–Trinajstić information content (AvgIpc) is 2.39. The third-order valence-electron chi connectivity index (χ3n) is 6.83. The molecule has 2 fully saturated rings. The zero-order valence-electron chi connectivity index (χ0n) is 17.6. The van der Waals surface area contributed by atoms with Crippen LogP contribution in [0, 0.1) is 10.8 Å². The number of hydrogen-bond donors (Lipinski definition) is 0. The van der Waals surface area contributed by atoms with E-state index in [9.17, 15) is 0 Å². The standard InChI is InChI=1S/C22H39BSi/c1-21(2,3)15-18-19(20(22(4,5)6)24(18,7)8)23-16-11-9-12-17(23)14-10-13-16/h15-17H,9-14H2,1-8H3/b18-15-. The molecular formula is C22H39BSi. The molecule has 3 heterocycles. The van der Waals surface area contributed by atoms with Crippen LogP contribution in [0.4, 0.5) is 0 Å². The Kier molecular flexibility index (Phi) is 4.56. The minimum absolute atomic E-state index is 0.304. The van der Waals surface area contributed by atoms with Gasteiger partial charge in [-0.2, -0.15) is 0 Å². The van der Waals surface area contributed by atoms with Gasteiger partial charge in [0, 0.05) is 0 Å². The lowest BCUT2D eigenvalue weighted by Gasteiger charge is -2.55. The Morgan fingerprint density at radius 1 is 0.875 bits per heavy atom. The minimum atomic E-state index is -1.41. The Morgan fingerprint density at radius 3 is 1.71 bits per heavy atom. The molecule has 3 rings (SSSR count). The zero-order valence-corrected chi connectivity index (χ0v) is 18.6. The lowest BCUT2D eigenvalue weighted by atomic mass is 9.24. The van der Waals surface area contributed by atoms with E-state index in [0.29, 0.717) is 10.8 Å². The van der Waals surface area contributed by atoms with Gasteiger partial charge in [-0.15, -0.1) is 0 Å². The van der Waals surface area contributed by atoms with Crippen molar-refractivity contribution in [3.05, 3.63) is 21.9 Å². The molecular weight excluding hydrogens is 303 g/mol. The molecule has 0 aromatic heterocycles. The molecule has 2 saturated heterocycles. The van der Waals surface area contributed by atoms with E-state index in [2.05, 4.69) is 60.7 Å². The van der Waals surface area contributed by atoms with Crippen LogP contribution < -0.4 is 0 Å². The van der Waals surface area contributed by atoms with Crippen LogP contribution in [0.25, 0.3) is 0 Å². The molecule has 3 aliphatic rings. The van der Waals surface area contributed by atoms with Gasteiger partial charge < -0.3 is 0 Å². The molecule has 0 spiro atoms. The Morgan fingerprint density at radius 2 is 1.33 bits per heavy atom. The van der Waals surface area contributed by atoms with Gasteiger partial charge in [0.2, 0.25) is 0 Å². The molecule has 0 aliphatic carbocycles. The molecule has 2 heteroatoms. The first-order chi connectivity index (χ1) is 10.9. The van der Waals surface area contributed by atoms with Crippen molar-refractivity contribution >= 4 is 14.8 Å². The molecule has 0 aromatic rings. The third kappa shape index (κ3) is 3.13. The van der Waals surface area contributed by atoms with E-state index >= 15 is 0 Å². The SMILES string of the molecule is CC(C)(C)/C=C1/C(B2C3CCCC2CCC3)=C(C(C)(C)C)[Si]1(C)C. The second-order valence-corrected chi connectivity index (χ2v) is 15.8. The molecule has 0 amide bonds. The van der Waals surface area contributed by atoms with Gasteiger partial charge in [-0.1, -0.05) is 127 Å². The molecule has 0 saturated carbocycles. The highest BCUT2D eigenvalue weighted by Gasteiger charge is 2.54. The zero-order chi connectivity index (χ0) is 17.9. The number of fused-ring (bicyclic) bond motifs is 2. The summed E-state index contributed by atoms with van der Waals surface area (Å²) in [7, 11) is -1.41. The summed E-state index contributed by atoms with van der Waals surface area (Å²) in [6.45, 7) is 20.7. The molecule has 0 unspecified atom stereocenters. The molecule has 0 atom stereocenters. The summed E-state index contributed by atoms with van der Waals surface area (Å²) < 4.78 is 0. The van der Waals surface area contributed by atoms with Crippen LogP contribution in [-0.4, -0.2) is 14.8 Å². The maximum atomic E-state index is 2.67. The first kappa shape index (κ1) is 18.5. The van der Waals surface area contributed by atoms with Crippen LogP contribution in [0.15, 0.2) is 21.9 Å². The topological polar surface area (TPSA) is 0 Å². The summed E-state index contributed by atoms with van der Waals surface area (Å²) in [5.74, 6) is 1.97. The van der Waals surface area contributed by atoms with Gasteiger partial charge in [-0.3, -0.25) is 0 Å². The van der Waals surface area contributed by atoms with E-state index in [0.717, 1.165) is 18.3 Å². The summed E-state index contributed by atoms with van der Waals surface area (Å²) in [5, 5.41) is 3.75. The van der Waals surface area contributed by atoms with E-state index in [1.807, 2.05) is 15.9 Å². The lowest BCUT2D eigenvalue weighted by molar-refractivity contribution is 0.444. The van der Waals surface area contributed by atoms with E-state index < -0.39 is 8.07 Å². The van der Waals surface area contributed by atoms with Gasteiger partial charge in [0.05, 0.1) is 0 Å². The Balaban J connectivity index is 2.14. The van der Waals surface area contributed by atoms with Crippen molar-refractivity contribution in [2.75, 3.05) is 0 Å². The van der Waals surface area contributed by atoms with Crippen LogP contribution >= 0.6 is 0 Å². The maximum Gasteiger partial charge on any atom is 0.181 e. The summed E-state index contributed by atoms with van der Waals surface area (Å²) >= 11 is 0. The Hall–Kier alpha value is -0.238. The number of hydrogen-bond acceptors (Lipinski definition) is 0. The second-order valence-electron chi connectivity index (χ2n) is 11.5. The van der Waals surface area contributed by atoms with Crippen molar-refractivity contribution in [2.45, 2.75) is 105 Å². The average molecular weight is 342 g/mol. The van der Waals surface area contributed by atoms with Gasteiger partial charge in [0.25, 0.3) is 0 Å². The van der Waals surface area contributed by atoms with Gasteiger partial charge in [0.15, 0.2) is 6.71 Å². The van der Waals surface area contributed by atoms with Crippen LogP contribution in [-0.2, 0) is 0 Å². The quantitative estimate of drug-likeness (QED) is 0.440. The van der Waals surface area contributed by atoms with Gasteiger partial charge in [-0.05, 0) is 10.8 Å². The fraction of sp³-hybridized carbons (Fsp3) is 0.818. The van der Waals surface area contributed by atoms with Crippen molar-refractivity contribution in [3.63, 3.8) is 0 Å². The van der Waals surface area contributed by atoms with Crippen molar-refractivity contribution in [3.8, 4) is 0 Å². The Bertz CT molecular complexity index is 546. The number of rotatable bonds is 1. The monoisotopic (exact) mass is 342 g/mol. The number of allylic oxidation sites excluding steroid dienone is 4. The summed E-state index contributed by atoms with van der Waals surface area (Å²) in [6.07, 6.45) is 11.6. The molecule has 2 bridgehead atoms. The highest BCUT2D eigenvalue weighted by molar-refractivity contribution is 7.00. The minimum Gasteiger partial charge on any atom is -0.0837 e. The molecule has 3 aliphatic heterocycles. The van der Waals surface area contributed by atoms with Crippen molar-refractivity contribution in [1.29, 1.82) is 0 Å². The largest absolute Gasteiger partial charge is 0.181 e. The molecule has 0 aromatic carbocycles. The molecule has 0 nitrogen and oxygen atoms in total. The molecule has 24 heavy (non-hydrogen) atoms. The molecule has 0 N–H and O–H groups in total. The van der Waals surface area contributed by atoms with Crippen LogP contribution in [0.5, 0.6) is 0 Å². The lowest BCUT2D eigenvalue weighted by Crippen LogP contribution is -2.55. The summed E-state index contributed by atoms with van der Waals surface area (Å²) in [5.41, 5.74) is 2.54. The fourth-order valence-corrected chi connectivity index (χ4v) is 11.1. The fourth-order valence-electron chi connectivity index (χ4n) is 6.41. The first-order valence-electron chi connectivity index (χ1n) is 10.4. The van der Waals surface area contributed by atoms with Crippen LogP contribution in [0.1, 0.15) is 80.1 Å².